The van der Waals surface area contributed by atoms with Crippen molar-refractivity contribution in [3.63, 3.8) is 0 Å². The van der Waals surface area contributed by atoms with Crippen molar-refractivity contribution in [1.29, 1.82) is 0 Å². The number of anilines is 3. The molecule has 0 unspecified atom stereocenters. The first kappa shape index (κ1) is 33.4. The molecule has 0 aromatic heterocycles. The third kappa shape index (κ3) is 8.96. The van der Waals surface area contributed by atoms with E-state index >= 15 is 0 Å². The molecule has 3 aromatic carbocycles. The Kier molecular flexibility index (Phi) is 10.6. The summed E-state index contributed by atoms with van der Waals surface area (Å²) in [7, 11) is -4.54. The summed E-state index contributed by atoms with van der Waals surface area (Å²) < 4.78 is 31.9. The molecule has 0 spiro atoms. The van der Waals surface area contributed by atoms with Crippen LogP contribution in [0.3, 0.4) is 0 Å². The van der Waals surface area contributed by atoms with Crippen molar-refractivity contribution < 1.29 is 32.5 Å². The molecular weight excluding hydrogens is 581 g/mol. The number of nitrogens with one attached hydrogen (secondary N) is 3. The van der Waals surface area contributed by atoms with Gasteiger partial charge in [0.15, 0.2) is 0 Å². The molecule has 0 heterocycles. The highest BCUT2D eigenvalue weighted by Crippen LogP contribution is 2.51. The van der Waals surface area contributed by atoms with Crippen LogP contribution in [-0.2, 0) is 18.9 Å². The van der Waals surface area contributed by atoms with E-state index in [9.17, 15) is 18.9 Å². The van der Waals surface area contributed by atoms with Gasteiger partial charge < -0.3 is 29.5 Å². The summed E-state index contributed by atoms with van der Waals surface area (Å²) in [5.74, 6) is -0.970. The number of phosphoric ester groups is 1. The number of rotatable bonds is 12. The summed E-state index contributed by atoms with van der Waals surface area (Å²) >= 11 is 0. The zero-order valence-electron chi connectivity index (χ0n) is 25.6. The topological polar surface area (TPSA) is 132 Å². The van der Waals surface area contributed by atoms with Crippen molar-refractivity contribution >= 4 is 42.6 Å². The highest BCUT2D eigenvalue weighted by Gasteiger charge is 2.34. The second-order valence-electron chi connectivity index (χ2n) is 10.4. The van der Waals surface area contributed by atoms with Crippen LogP contribution in [0.1, 0.15) is 37.5 Å². The summed E-state index contributed by atoms with van der Waals surface area (Å²) in [6.45, 7) is 21.0. The van der Waals surface area contributed by atoms with Gasteiger partial charge in [-0.05, 0) is 76.4 Å². The van der Waals surface area contributed by atoms with E-state index in [-0.39, 0.29) is 17.2 Å². The molecule has 3 N–H and O–H groups in total. The first-order valence-electron chi connectivity index (χ1n) is 13.5. The SMILES string of the molecule is C=C(C)C(=O)Nc1cc(OP(=O)(Oc2ccc(C)c(NC(=O)C(=C)C)c2)Oc2ccc(C)c(NC(=O)C(=C)C)c2)ccc1C. The van der Waals surface area contributed by atoms with Gasteiger partial charge in [0.25, 0.3) is 17.7 Å². The maximum absolute atomic E-state index is 14.3. The van der Waals surface area contributed by atoms with Crippen molar-refractivity contribution in [3.05, 3.63) is 108 Å². The molecule has 44 heavy (non-hydrogen) atoms. The molecule has 0 fully saturated rings. The van der Waals surface area contributed by atoms with Gasteiger partial charge in [0.2, 0.25) is 0 Å². The number of hydrogen-bond acceptors (Lipinski definition) is 7. The molecule has 11 heteroatoms. The molecule has 230 valence electrons. The highest BCUT2D eigenvalue weighted by atomic mass is 31.2. The molecule has 0 saturated carbocycles. The van der Waals surface area contributed by atoms with Crippen LogP contribution in [0.2, 0.25) is 0 Å². The Morgan fingerprint density at radius 2 is 0.795 bits per heavy atom. The van der Waals surface area contributed by atoms with Crippen LogP contribution in [0.4, 0.5) is 17.1 Å². The molecule has 0 aliphatic heterocycles. The van der Waals surface area contributed by atoms with Crippen molar-refractivity contribution in [2.75, 3.05) is 16.0 Å². The molecule has 0 aliphatic carbocycles. The molecule has 10 nitrogen and oxygen atoms in total. The summed E-state index contributed by atoms with van der Waals surface area (Å²) in [4.78, 5) is 36.8. The Labute approximate surface area is 257 Å². The normalized spacial score (nSPS) is 10.7. The van der Waals surface area contributed by atoms with E-state index in [1.807, 2.05) is 0 Å². The van der Waals surface area contributed by atoms with Gasteiger partial charge in [-0.25, -0.2) is 0 Å². The summed E-state index contributed by atoms with van der Waals surface area (Å²) in [5.41, 5.74) is 4.28. The quantitative estimate of drug-likeness (QED) is 0.140. The predicted molar refractivity (Wildman–Crippen MR) is 173 cm³/mol. The number of benzene rings is 3. The number of amides is 3. The van der Waals surface area contributed by atoms with Crippen molar-refractivity contribution in [2.24, 2.45) is 0 Å². The first-order valence-corrected chi connectivity index (χ1v) is 14.9. The second kappa shape index (κ2) is 13.9. The summed E-state index contributed by atoms with van der Waals surface area (Å²) in [5, 5.41) is 8.20. The van der Waals surface area contributed by atoms with Gasteiger partial charge >= 0.3 is 7.82 Å². The van der Waals surface area contributed by atoms with E-state index in [2.05, 4.69) is 35.7 Å². The van der Waals surface area contributed by atoms with E-state index in [1.165, 1.54) is 18.2 Å². The monoisotopic (exact) mass is 617 g/mol. The van der Waals surface area contributed by atoms with Crippen molar-refractivity contribution in [1.82, 2.24) is 0 Å². The van der Waals surface area contributed by atoms with E-state index in [1.54, 1.807) is 77.9 Å². The van der Waals surface area contributed by atoms with E-state index < -0.39 is 25.5 Å². The Morgan fingerprint density at radius 1 is 0.545 bits per heavy atom. The Bertz CT molecular complexity index is 1530. The van der Waals surface area contributed by atoms with Gasteiger partial charge in [-0.3, -0.25) is 14.4 Å². The average molecular weight is 618 g/mol. The minimum absolute atomic E-state index is 0.0711. The van der Waals surface area contributed by atoms with Gasteiger partial charge in [0, 0.05) is 52.0 Å². The summed E-state index contributed by atoms with van der Waals surface area (Å²) in [6, 6.07) is 14.1. The molecule has 0 bridgehead atoms. The van der Waals surface area contributed by atoms with Crippen LogP contribution in [0, 0.1) is 20.8 Å². The smallest absolute Gasteiger partial charge is 0.386 e. The Morgan fingerprint density at radius 3 is 1.02 bits per heavy atom. The Balaban J connectivity index is 2.04. The maximum atomic E-state index is 14.3. The number of phosphoric acid groups is 1. The fourth-order valence-corrected chi connectivity index (χ4v) is 4.74. The molecule has 0 radical (unpaired) electrons. The molecular formula is C33H36N3O7P. The van der Waals surface area contributed by atoms with Crippen LogP contribution in [0.15, 0.2) is 91.1 Å². The lowest BCUT2D eigenvalue weighted by molar-refractivity contribution is -0.113. The molecule has 3 amide bonds. The lowest BCUT2D eigenvalue weighted by Gasteiger charge is -2.21. The highest BCUT2D eigenvalue weighted by molar-refractivity contribution is 7.49. The third-order valence-corrected chi connectivity index (χ3v) is 7.49. The number of aryl methyl sites for hydroxylation is 3. The first-order chi connectivity index (χ1) is 20.6. The maximum Gasteiger partial charge on any atom is 0.647 e. The van der Waals surface area contributed by atoms with E-state index in [4.69, 9.17) is 13.6 Å². The van der Waals surface area contributed by atoms with Gasteiger partial charge in [-0.1, -0.05) is 37.9 Å². The molecule has 3 rings (SSSR count). The Hall–Kier alpha value is -5.08. The molecule has 0 aliphatic rings. The van der Waals surface area contributed by atoms with E-state index in [0.29, 0.717) is 33.8 Å². The lowest BCUT2D eigenvalue weighted by atomic mass is 10.2. The largest absolute Gasteiger partial charge is 0.647 e. The van der Waals surface area contributed by atoms with Crippen LogP contribution in [0.5, 0.6) is 17.2 Å². The zero-order chi connectivity index (χ0) is 32.8. The van der Waals surface area contributed by atoms with Gasteiger partial charge in [-0.15, -0.1) is 0 Å². The van der Waals surface area contributed by atoms with Crippen LogP contribution in [0.25, 0.3) is 0 Å². The zero-order valence-corrected chi connectivity index (χ0v) is 26.5. The average Bonchev–Trinajstić information content (AvgIpc) is 2.93. The fourth-order valence-electron chi connectivity index (χ4n) is 3.51. The molecule has 0 atom stereocenters. The number of carbonyl (C=O) groups is 3. The number of carbonyl (C=O) groups excluding carboxylic acids is 3. The van der Waals surface area contributed by atoms with Gasteiger partial charge in [-0.2, -0.15) is 4.57 Å². The van der Waals surface area contributed by atoms with Gasteiger partial charge in [0.05, 0.1) is 0 Å². The third-order valence-electron chi connectivity index (χ3n) is 6.19. The standard InChI is InChI=1S/C33H36N3O7P/c1-19(2)31(37)34-28-16-25(13-10-22(28)7)41-44(40,42-26-14-11-23(8)29(17-26)35-32(38)20(3)4)43-27-15-12-24(9)30(18-27)36-33(39)21(5)6/h10-18H,1,3,5H2,2,4,6-9H3,(H,34,37)(H,35,38)(H,36,39). The second-order valence-corrected chi connectivity index (χ2v) is 11.8. The minimum Gasteiger partial charge on any atom is -0.386 e. The van der Waals surface area contributed by atoms with Crippen LogP contribution >= 0.6 is 7.82 Å². The fraction of sp³-hybridized carbons (Fsp3) is 0.182. The summed E-state index contributed by atoms with van der Waals surface area (Å²) in [6.07, 6.45) is 0. The molecule has 3 aromatic rings. The number of hydrogen-bond donors (Lipinski definition) is 3. The van der Waals surface area contributed by atoms with Crippen LogP contribution in [-0.4, -0.2) is 17.7 Å². The van der Waals surface area contributed by atoms with Gasteiger partial charge in [0.1, 0.15) is 17.2 Å². The van der Waals surface area contributed by atoms with E-state index in [0.717, 1.165) is 16.7 Å². The predicted octanol–water partition coefficient (Wildman–Crippen LogP) is 7.80. The van der Waals surface area contributed by atoms with Crippen molar-refractivity contribution in [2.45, 2.75) is 41.5 Å². The lowest BCUT2D eigenvalue weighted by Crippen LogP contribution is -2.14. The van der Waals surface area contributed by atoms with Crippen molar-refractivity contribution in [3.8, 4) is 17.2 Å². The van der Waals surface area contributed by atoms with Crippen LogP contribution < -0.4 is 29.5 Å². The minimum atomic E-state index is -4.54. The molecule has 0 saturated heterocycles.